The van der Waals surface area contributed by atoms with E-state index in [9.17, 15) is 9.59 Å². The average molecular weight is 326 g/mol. The Bertz CT molecular complexity index is 706. The van der Waals surface area contributed by atoms with E-state index in [4.69, 9.17) is 10.5 Å². The molecule has 0 aromatic heterocycles. The number of methoxy groups -OCH3 is 1. The summed E-state index contributed by atoms with van der Waals surface area (Å²) in [7, 11) is 1.62. The Labute approximate surface area is 141 Å². The van der Waals surface area contributed by atoms with Gasteiger partial charge in [-0.3, -0.25) is 9.59 Å². The summed E-state index contributed by atoms with van der Waals surface area (Å²) in [5.41, 5.74) is 7.08. The van der Waals surface area contributed by atoms with Crippen molar-refractivity contribution in [2.24, 2.45) is 11.7 Å². The number of nitrogens with two attached hydrogens (primary N) is 1. The van der Waals surface area contributed by atoms with E-state index >= 15 is 0 Å². The second kappa shape index (κ2) is 7.64. The smallest absolute Gasteiger partial charge is 0.251 e. The number of carbonyl (C=O) groups excluding carboxylic acids is 2. The lowest BCUT2D eigenvalue weighted by atomic mass is 9.95. The van der Waals surface area contributed by atoms with Gasteiger partial charge >= 0.3 is 0 Å². The molecule has 0 fully saturated rings. The zero-order chi connectivity index (χ0) is 17.7. The van der Waals surface area contributed by atoms with Gasteiger partial charge in [0.05, 0.1) is 13.2 Å². The number of primary amides is 1. The first-order chi connectivity index (χ1) is 11.4. The van der Waals surface area contributed by atoms with Crippen molar-refractivity contribution in [3.63, 3.8) is 0 Å². The minimum atomic E-state index is -0.514. The van der Waals surface area contributed by atoms with E-state index < -0.39 is 5.91 Å². The average Bonchev–Trinajstić information content (AvgIpc) is 2.59. The van der Waals surface area contributed by atoms with Gasteiger partial charge in [-0.1, -0.05) is 26.0 Å². The molecule has 1 atom stereocenters. The van der Waals surface area contributed by atoms with Crippen molar-refractivity contribution in [1.29, 1.82) is 0 Å². The molecule has 5 heteroatoms. The lowest BCUT2D eigenvalue weighted by Crippen LogP contribution is -2.31. The van der Waals surface area contributed by atoms with Crippen LogP contribution >= 0.6 is 0 Å². The van der Waals surface area contributed by atoms with E-state index in [1.54, 1.807) is 31.4 Å². The molecule has 0 spiro atoms. The van der Waals surface area contributed by atoms with Crippen molar-refractivity contribution in [1.82, 2.24) is 5.32 Å². The Morgan fingerprint density at radius 3 is 1.96 bits per heavy atom. The quantitative estimate of drug-likeness (QED) is 0.856. The first-order valence-corrected chi connectivity index (χ1v) is 7.77. The molecule has 0 radical (unpaired) electrons. The van der Waals surface area contributed by atoms with Gasteiger partial charge in [-0.05, 0) is 47.9 Å². The summed E-state index contributed by atoms with van der Waals surface area (Å²) in [6, 6.07) is 13.8. The number of nitrogens with one attached hydrogen (secondary N) is 1. The molecule has 3 N–H and O–H groups in total. The van der Waals surface area contributed by atoms with Crippen LogP contribution in [0.5, 0.6) is 5.75 Å². The molecule has 0 unspecified atom stereocenters. The van der Waals surface area contributed by atoms with Crippen LogP contribution in [0.4, 0.5) is 0 Å². The second-order valence-corrected chi connectivity index (χ2v) is 5.91. The molecule has 0 bridgehead atoms. The van der Waals surface area contributed by atoms with Crippen molar-refractivity contribution in [3.8, 4) is 5.75 Å². The third-order valence-electron chi connectivity index (χ3n) is 3.86. The lowest BCUT2D eigenvalue weighted by Gasteiger charge is -2.23. The highest BCUT2D eigenvalue weighted by atomic mass is 16.5. The summed E-state index contributed by atoms with van der Waals surface area (Å²) in [5, 5.41) is 3.04. The SMILES string of the molecule is COc1ccc([C@@H](NC(=O)c2ccc(C(N)=O)cc2)C(C)C)cc1. The van der Waals surface area contributed by atoms with Gasteiger partial charge in [-0.25, -0.2) is 0 Å². The van der Waals surface area contributed by atoms with Gasteiger partial charge in [-0.15, -0.1) is 0 Å². The summed E-state index contributed by atoms with van der Waals surface area (Å²) in [6.07, 6.45) is 0. The highest BCUT2D eigenvalue weighted by Crippen LogP contribution is 2.24. The molecule has 0 saturated heterocycles. The molecule has 2 amide bonds. The van der Waals surface area contributed by atoms with E-state index in [0.717, 1.165) is 11.3 Å². The molecular formula is C19H22N2O3. The topological polar surface area (TPSA) is 81.4 Å². The van der Waals surface area contributed by atoms with Crippen LogP contribution in [0.3, 0.4) is 0 Å². The number of benzene rings is 2. The third kappa shape index (κ3) is 4.13. The normalized spacial score (nSPS) is 11.8. The molecule has 0 heterocycles. The van der Waals surface area contributed by atoms with E-state index in [2.05, 4.69) is 5.32 Å². The molecule has 24 heavy (non-hydrogen) atoms. The van der Waals surface area contributed by atoms with Gasteiger partial charge in [0.25, 0.3) is 5.91 Å². The molecule has 2 aromatic rings. The Morgan fingerprint density at radius 1 is 0.958 bits per heavy atom. The molecule has 0 aliphatic rings. The minimum absolute atomic E-state index is 0.126. The van der Waals surface area contributed by atoms with E-state index in [1.807, 2.05) is 38.1 Å². The van der Waals surface area contributed by atoms with Crippen LogP contribution in [0.15, 0.2) is 48.5 Å². The number of amides is 2. The number of hydrogen-bond acceptors (Lipinski definition) is 3. The zero-order valence-electron chi connectivity index (χ0n) is 14.1. The summed E-state index contributed by atoms with van der Waals surface area (Å²) in [5.74, 6) is 0.280. The van der Waals surface area contributed by atoms with Crippen molar-refractivity contribution < 1.29 is 14.3 Å². The Kier molecular flexibility index (Phi) is 5.58. The van der Waals surface area contributed by atoms with Crippen molar-refractivity contribution >= 4 is 11.8 Å². The fourth-order valence-electron chi connectivity index (χ4n) is 2.46. The first kappa shape index (κ1) is 17.5. The summed E-state index contributed by atoms with van der Waals surface area (Å²) in [4.78, 5) is 23.6. The van der Waals surface area contributed by atoms with Gasteiger partial charge in [-0.2, -0.15) is 0 Å². The minimum Gasteiger partial charge on any atom is -0.497 e. The Balaban J connectivity index is 2.17. The highest BCUT2D eigenvalue weighted by Gasteiger charge is 2.19. The van der Waals surface area contributed by atoms with Crippen molar-refractivity contribution in [2.45, 2.75) is 19.9 Å². The highest BCUT2D eigenvalue weighted by molar-refractivity contribution is 5.97. The maximum Gasteiger partial charge on any atom is 0.251 e. The molecule has 5 nitrogen and oxygen atoms in total. The molecule has 0 aliphatic heterocycles. The van der Waals surface area contributed by atoms with Crippen molar-refractivity contribution in [2.75, 3.05) is 7.11 Å². The van der Waals surface area contributed by atoms with Gasteiger partial charge in [0.1, 0.15) is 5.75 Å². The monoisotopic (exact) mass is 326 g/mol. The third-order valence-corrected chi connectivity index (χ3v) is 3.86. The fraction of sp³-hybridized carbons (Fsp3) is 0.263. The molecule has 2 aromatic carbocycles. The molecule has 0 aliphatic carbocycles. The number of rotatable bonds is 6. The van der Waals surface area contributed by atoms with E-state index in [0.29, 0.717) is 11.1 Å². The maximum absolute atomic E-state index is 12.5. The first-order valence-electron chi connectivity index (χ1n) is 7.77. The van der Waals surface area contributed by atoms with Crippen LogP contribution in [-0.4, -0.2) is 18.9 Å². The standard InChI is InChI=1S/C19H22N2O3/c1-12(2)17(13-8-10-16(24-3)11-9-13)21-19(23)15-6-4-14(5-7-15)18(20)22/h4-12,17H,1-3H3,(H2,20,22)(H,21,23)/t17-/m0/s1. The van der Waals surface area contributed by atoms with Crippen LogP contribution < -0.4 is 15.8 Å². The summed E-state index contributed by atoms with van der Waals surface area (Å²) in [6.45, 7) is 4.09. The largest absolute Gasteiger partial charge is 0.497 e. The Hall–Kier alpha value is -2.82. The second-order valence-electron chi connectivity index (χ2n) is 5.91. The van der Waals surface area contributed by atoms with Gasteiger partial charge in [0.2, 0.25) is 5.91 Å². The number of ether oxygens (including phenoxy) is 1. The molecule has 2 rings (SSSR count). The van der Waals surface area contributed by atoms with Crippen molar-refractivity contribution in [3.05, 3.63) is 65.2 Å². The zero-order valence-corrected chi connectivity index (χ0v) is 14.1. The van der Waals surface area contributed by atoms with Crippen LogP contribution in [0.2, 0.25) is 0 Å². The van der Waals surface area contributed by atoms with Crippen LogP contribution in [0, 0.1) is 5.92 Å². The van der Waals surface area contributed by atoms with Gasteiger partial charge < -0.3 is 15.8 Å². The molecule has 0 saturated carbocycles. The predicted octanol–water partition coefficient (Wildman–Crippen LogP) is 2.92. The summed E-state index contributed by atoms with van der Waals surface area (Å²) < 4.78 is 5.17. The van der Waals surface area contributed by atoms with Crippen LogP contribution in [0.25, 0.3) is 0 Å². The Morgan fingerprint density at radius 2 is 1.50 bits per heavy atom. The summed E-state index contributed by atoms with van der Waals surface area (Å²) >= 11 is 0. The number of carbonyl (C=O) groups is 2. The maximum atomic E-state index is 12.5. The van der Waals surface area contributed by atoms with Crippen LogP contribution in [-0.2, 0) is 0 Å². The fourth-order valence-corrected chi connectivity index (χ4v) is 2.46. The van der Waals surface area contributed by atoms with Gasteiger partial charge in [0, 0.05) is 11.1 Å². The van der Waals surface area contributed by atoms with Crippen LogP contribution in [0.1, 0.15) is 46.2 Å². The predicted molar refractivity (Wildman–Crippen MR) is 93.0 cm³/mol. The van der Waals surface area contributed by atoms with E-state index in [1.165, 1.54) is 0 Å². The lowest BCUT2D eigenvalue weighted by molar-refractivity contribution is 0.0924. The van der Waals surface area contributed by atoms with E-state index in [-0.39, 0.29) is 17.9 Å². The molecular weight excluding hydrogens is 304 g/mol. The molecule has 126 valence electrons. The number of hydrogen-bond donors (Lipinski definition) is 2. The van der Waals surface area contributed by atoms with Gasteiger partial charge in [0.15, 0.2) is 0 Å².